The van der Waals surface area contributed by atoms with Gasteiger partial charge in [0.25, 0.3) is 0 Å². The second-order valence-corrected chi connectivity index (χ2v) is 6.98. The van der Waals surface area contributed by atoms with E-state index < -0.39 is 35.6 Å². The van der Waals surface area contributed by atoms with Gasteiger partial charge in [0.15, 0.2) is 6.10 Å². The first kappa shape index (κ1) is 17.1. The maximum Gasteiger partial charge on any atom is 0.408 e. The molecular formula is C13H23NO5S. The second kappa shape index (κ2) is 6.22. The number of carbonyl (C=O) groups excluding carboxylic acids is 2. The average Bonchev–Trinajstić information content (AvgIpc) is 2.48. The first-order chi connectivity index (χ1) is 9.04. The highest BCUT2D eigenvalue weighted by molar-refractivity contribution is 7.98. The summed E-state index contributed by atoms with van der Waals surface area (Å²) in [5.74, 6) is -0.909. The lowest BCUT2D eigenvalue weighted by molar-refractivity contribution is -0.161. The molecule has 1 heterocycles. The van der Waals surface area contributed by atoms with E-state index in [4.69, 9.17) is 14.2 Å². The molecule has 116 valence electrons. The monoisotopic (exact) mass is 305 g/mol. The fourth-order valence-corrected chi connectivity index (χ4v) is 2.39. The summed E-state index contributed by atoms with van der Waals surface area (Å²) >= 11 is 1.50. The van der Waals surface area contributed by atoms with E-state index in [1.54, 1.807) is 34.6 Å². The van der Waals surface area contributed by atoms with E-state index in [-0.39, 0.29) is 0 Å². The van der Waals surface area contributed by atoms with E-state index in [0.29, 0.717) is 5.75 Å². The van der Waals surface area contributed by atoms with Crippen molar-refractivity contribution >= 4 is 23.8 Å². The Balaban J connectivity index is 2.70. The van der Waals surface area contributed by atoms with Gasteiger partial charge in [-0.3, -0.25) is 0 Å². The first-order valence-electron chi connectivity index (χ1n) is 6.43. The van der Waals surface area contributed by atoms with E-state index in [1.807, 2.05) is 6.26 Å². The molecule has 1 aliphatic rings. The number of cyclic esters (lactones) is 1. The Bertz CT molecular complexity index is 377. The highest BCUT2D eigenvalue weighted by Crippen LogP contribution is 2.26. The van der Waals surface area contributed by atoms with Crippen molar-refractivity contribution in [1.29, 1.82) is 0 Å². The van der Waals surface area contributed by atoms with E-state index in [9.17, 15) is 9.59 Å². The zero-order chi connectivity index (χ0) is 15.6. The molecule has 0 radical (unpaired) electrons. The summed E-state index contributed by atoms with van der Waals surface area (Å²) in [6.07, 6.45) is 0.498. The molecule has 0 bridgehead atoms. The van der Waals surface area contributed by atoms with Crippen molar-refractivity contribution in [1.82, 2.24) is 5.32 Å². The quantitative estimate of drug-likeness (QED) is 0.800. The topological polar surface area (TPSA) is 73.9 Å². The van der Waals surface area contributed by atoms with Crippen molar-refractivity contribution < 1.29 is 23.8 Å². The van der Waals surface area contributed by atoms with E-state index in [0.717, 1.165) is 0 Å². The van der Waals surface area contributed by atoms with Gasteiger partial charge in [-0.05, 0) is 27.0 Å². The van der Waals surface area contributed by atoms with Crippen molar-refractivity contribution in [3.63, 3.8) is 0 Å². The number of ether oxygens (including phenoxy) is 3. The maximum atomic E-state index is 11.8. The number of rotatable bonds is 4. The summed E-state index contributed by atoms with van der Waals surface area (Å²) in [5, 5.41) is 2.68. The SMILES string of the molecule is CSC[C@H](NC(=O)OC(C)(C)C)C1OC(C)(C)OC1=O. The van der Waals surface area contributed by atoms with Gasteiger partial charge in [0, 0.05) is 19.6 Å². The molecule has 20 heavy (non-hydrogen) atoms. The lowest BCUT2D eigenvalue weighted by Gasteiger charge is -2.25. The molecule has 0 aromatic heterocycles. The number of hydrogen-bond acceptors (Lipinski definition) is 6. The van der Waals surface area contributed by atoms with Crippen LogP contribution in [0.25, 0.3) is 0 Å². The van der Waals surface area contributed by atoms with E-state index in [2.05, 4.69) is 5.32 Å². The first-order valence-corrected chi connectivity index (χ1v) is 7.82. The Morgan fingerprint density at radius 2 is 2.10 bits per heavy atom. The average molecular weight is 305 g/mol. The molecule has 0 aromatic carbocycles. The molecule has 7 heteroatoms. The van der Waals surface area contributed by atoms with Crippen LogP contribution in [0, 0.1) is 0 Å². The van der Waals surface area contributed by atoms with Gasteiger partial charge in [0.2, 0.25) is 5.79 Å². The van der Waals surface area contributed by atoms with Crippen LogP contribution < -0.4 is 5.32 Å². The van der Waals surface area contributed by atoms with Crippen LogP contribution in [-0.2, 0) is 19.0 Å². The number of carbonyl (C=O) groups is 2. The Kier molecular flexibility index (Phi) is 5.32. The highest BCUT2D eigenvalue weighted by Gasteiger charge is 2.45. The maximum absolute atomic E-state index is 11.8. The van der Waals surface area contributed by atoms with Crippen LogP contribution in [0.2, 0.25) is 0 Å². The standard InChI is InChI=1S/C13H23NO5S/c1-12(2,3)19-11(16)14-8(7-20-6)9-10(15)18-13(4,5)17-9/h8-9H,7H2,1-6H3,(H,14,16)/t8-,9?/m0/s1. The van der Waals surface area contributed by atoms with E-state index in [1.165, 1.54) is 11.8 Å². The molecule has 0 saturated carbocycles. The fraction of sp³-hybridized carbons (Fsp3) is 0.846. The molecule has 1 unspecified atom stereocenters. The Hall–Kier alpha value is -0.950. The highest BCUT2D eigenvalue weighted by atomic mass is 32.2. The predicted octanol–water partition coefficient (Wildman–Crippen LogP) is 1.92. The van der Waals surface area contributed by atoms with Gasteiger partial charge in [0.1, 0.15) is 5.60 Å². The molecule has 1 amide bonds. The van der Waals surface area contributed by atoms with Crippen LogP contribution in [-0.4, -0.2) is 47.6 Å². The molecule has 1 fully saturated rings. The molecule has 1 N–H and O–H groups in total. The number of thioether (sulfide) groups is 1. The van der Waals surface area contributed by atoms with Crippen LogP contribution in [0.3, 0.4) is 0 Å². The minimum atomic E-state index is -0.964. The summed E-state index contributed by atoms with van der Waals surface area (Å²) < 4.78 is 15.9. The molecule has 6 nitrogen and oxygen atoms in total. The second-order valence-electron chi connectivity index (χ2n) is 6.07. The van der Waals surface area contributed by atoms with Gasteiger partial charge in [-0.2, -0.15) is 11.8 Å². The third-order valence-electron chi connectivity index (χ3n) is 2.40. The summed E-state index contributed by atoms with van der Waals surface area (Å²) in [6, 6.07) is -0.492. The molecule has 1 aliphatic heterocycles. The van der Waals surface area contributed by atoms with Gasteiger partial charge in [-0.1, -0.05) is 0 Å². The van der Waals surface area contributed by atoms with Crippen molar-refractivity contribution in [3.05, 3.63) is 0 Å². The van der Waals surface area contributed by atoms with Gasteiger partial charge >= 0.3 is 12.1 Å². The molecule has 0 spiro atoms. The van der Waals surface area contributed by atoms with Crippen molar-refractivity contribution in [2.24, 2.45) is 0 Å². The van der Waals surface area contributed by atoms with Crippen molar-refractivity contribution in [2.45, 2.75) is 58.2 Å². The summed E-state index contributed by atoms with van der Waals surface area (Å²) in [6.45, 7) is 8.65. The minimum absolute atomic E-state index is 0.467. The molecule has 1 saturated heterocycles. The Morgan fingerprint density at radius 3 is 2.50 bits per heavy atom. The van der Waals surface area contributed by atoms with Crippen LogP contribution >= 0.6 is 11.8 Å². The lowest BCUT2D eigenvalue weighted by Crippen LogP contribution is -2.49. The summed E-state index contributed by atoms with van der Waals surface area (Å²) in [7, 11) is 0. The molecule has 2 atom stereocenters. The van der Waals surface area contributed by atoms with E-state index >= 15 is 0 Å². The molecule has 0 aromatic rings. The minimum Gasteiger partial charge on any atom is -0.444 e. The Morgan fingerprint density at radius 1 is 1.50 bits per heavy atom. The number of nitrogens with one attached hydrogen (secondary N) is 1. The van der Waals surface area contributed by atoms with Crippen LogP contribution in [0.5, 0.6) is 0 Å². The van der Waals surface area contributed by atoms with Gasteiger partial charge in [-0.25, -0.2) is 9.59 Å². The number of amides is 1. The van der Waals surface area contributed by atoms with Crippen molar-refractivity contribution in [3.8, 4) is 0 Å². The van der Waals surface area contributed by atoms with Crippen molar-refractivity contribution in [2.75, 3.05) is 12.0 Å². The zero-order valence-electron chi connectivity index (χ0n) is 12.8. The van der Waals surface area contributed by atoms with Gasteiger partial charge in [0.05, 0.1) is 6.04 Å². The van der Waals surface area contributed by atoms with Gasteiger partial charge in [-0.15, -0.1) is 0 Å². The Labute approximate surface area is 123 Å². The third-order valence-corrected chi connectivity index (χ3v) is 3.10. The third kappa shape index (κ3) is 5.20. The van der Waals surface area contributed by atoms with Crippen LogP contribution in [0.15, 0.2) is 0 Å². The molecule has 0 aliphatic carbocycles. The number of alkyl carbamates (subject to hydrolysis) is 1. The fourth-order valence-electron chi connectivity index (χ4n) is 1.77. The lowest BCUT2D eigenvalue weighted by atomic mass is 10.2. The number of hydrogen-bond donors (Lipinski definition) is 1. The zero-order valence-corrected chi connectivity index (χ0v) is 13.6. The smallest absolute Gasteiger partial charge is 0.408 e. The molecular weight excluding hydrogens is 282 g/mol. The van der Waals surface area contributed by atoms with Gasteiger partial charge < -0.3 is 19.5 Å². The largest absolute Gasteiger partial charge is 0.444 e. The normalized spacial score (nSPS) is 23.1. The predicted molar refractivity (Wildman–Crippen MR) is 76.6 cm³/mol. The summed E-state index contributed by atoms with van der Waals surface area (Å²) in [4.78, 5) is 23.6. The van der Waals surface area contributed by atoms with Crippen LogP contribution in [0.4, 0.5) is 4.79 Å². The summed E-state index contributed by atoms with van der Waals surface area (Å²) in [5.41, 5.74) is -0.593. The molecule has 1 rings (SSSR count). The number of esters is 1. The van der Waals surface area contributed by atoms with Crippen LogP contribution in [0.1, 0.15) is 34.6 Å².